The number of carbonyl (C=O) groups excluding carboxylic acids is 1. The summed E-state index contributed by atoms with van der Waals surface area (Å²) >= 11 is 0. The number of nitrogens with zero attached hydrogens (tertiary/aromatic N) is 1. The summed E-state index contributed by atoms with van der Waals surface area (Å²) < 4.78 is 28.8. The number of aliphatic carboxylic acids is 1. The molecule has 0 bridgehead atoms. The first kappa shape index (κ1) is 16.9. The number of carboxylic acids is 1. The van der Waals surface area contributed by atoms with Crippen LogP contribution >= 0.6 is 0 Å². The fourth-order valence-corrected chi connectivity index (χ4v) is 2.10. The van der Waals surface area contributed by atoms with E-state index in [2.05, 4.69) is 4.74 Å². The molecule has 1 rings (SSSR count). The molecule has 1 amide bonds. The van der Waals surface area contributed by atoms with Crippen molar-refractivity contribution < 1.29 is 28.2 Å². The number of rotatable bonds is 7. The van der Waals surface area contributed by atoms with E-state index in [1.54, 1.807) is 13.8 Å². The van der Waals surface area contributed by atoms with Gasteiger partial charge in [0, 0.05) is 6.04 Å². The van der Waals surface area contributed by atoms with E-state index in [0.29, 0.717) is 6.41 Å². The standard InChI is InChI=1S/C14H17F2NO4/c1-9(2)17(8-18)14(3,12(19)20)10-5-4-6-11(7-10)21-13(15)16/h4-9,13H,1-3H3,(H,19,20). The van der Waals surface area contributed by atoms with E-state index in [-0.39, 0.29) is 17.4 Å². The van der Waals surface area contributed by atoms with Crippen LogP contribution in [0.25, 0.3) is 0 Å². The fourth-order valence-electron chi connectivity index (χ4n) is 2.10. The zero-order valence-electron chi connectivity index (χ0n) is 11.9. The maximum absolute atomic E-state index is 12.3. The second-order valence-electron chi connectivity index (χ2n) is 4.89. The number of alkyl halides is 2. The van der Waals surface area contributed by atoms with Gasteiger partial charge in [-0.15, -0.1) is 0 Å². The minimum atomic E-state index is -3.01. The number of carboxylic acid groups (broad SMARTS) is 1. The van der Waals surface area contributed by atoms with Gasteiger partial charge in [0.2, 0.25) is 6.41 Å². The molecule has 1 unspecified atom stereocenters. The minimum absolute atomic E-state index is 0.162. The molecular formula is C14H17F2NO4. The average Bonchev–Trinajstić information content (AvgIpc) is 2.38. The second-order valence-corrected chi connectivity index (χ2v) is 4.89. The quantitative estimate of drug-likeness (QED) is 0.786. The molecule has 0 aliphatic rings. The zero-order chi connectivity index (χ0) is 16.2. The van der Waals surface area contributed by atoms with Crippen LogP contribution in [-0.4, -0.2) is 35.0 Å². The fraction of sp³-hybridized carbons (Fsp3) is 0.429. The van der Waals surface area contributed by atoms with E-state index in [9.17, 15) is 23.5 Å². The molecule has 1 atom stereocenters. The maximum atomic E-state index is 12.3. The molecule has 21 heavy (non-hydrogen) atoms. The highest BCUT2D eigenvalue weighted by Crippen LogP contribution is 2.32. The lowest BCUT2D eigenvalue weighted by Crippen LogP contribution is -2.52. The van der Waals surface area contributed by atoms with Gasteiger partial charge in [-0.2, -0.15) is 8.78 Å². The highest BCUT2D eigenvalue weighted by Gasteiger charge is 2.42. The first-order valence-corrected chi connectivity index (χ1v) is 6.26. The van der Waals surface area contributed by atoms with E-state index in [0.717, 1.165) is 4.90 Å². The minimum Gasteiger partial charge on any atom is -0.479 e. The van der Waals surface area contributed by atoms with Gasteiger partial charge in [0.05, 0.1) is 0 Å². The topological polar surface area (TPSA) is 66.8 Å². The summed E-state index contributed by atoms with van der Waals surface area (Å²) in [7, 11) is 0. The van der Waals surface area contributed by atoms with Crippen molar-refractivity contribution in [2.45, 2.75) is 39.0 Å². The average molecular weight is 301 g/mol. The number of carbonyl (C=O) groups is 2. The molecule has 1 aromatic rings. The molecule has 0 aromatic heterocycles. The van der Waals surface area contributed by atoms with Crippen molar-refractivity contribution in [2.75, 3.05) is 0 Å². The molecule has 0 heterocycles. The Bertz CT molecular complexity index is 521. The molecule has 0 saturated heterocycles. The lowest BCUT2D eigenvalue weighted by molar-refractivity contribution is -0.156. The first-order valence-electron chi connectivity index (χ1n) is 6.26. The Morgan fingerprint density at radius 2 is 2.05 bits per heavy atom. The SMILES string of the molecule is CC(C)N(C=O)C(C)(C(=O)O)c1cccc(OC(F)F)c1. The zero-order valence-corrected chi connectivity index (χ0v) is 11.9. The number of ether oxygens (including phenoxy) is 1. The molecule has 116 valence electrons. The Balaban J connectivity index is 3.34. The smallest absolute Gasteiger partial charge is 0.387 e. The van der Waals surface area contributed by atoms with Crippen LogP contribution in [0.15, 0.2) is 24.3 Å². The summed E-state index contributed by atoms with van der Waals surface area (Å²) in [6.45, 7) is 1.65. The lowest BCUT2D eigenvalue weighted by Gasteiger charge is -2.38. The summed E-state index contributed by atoms with van der Waals surface area (Å²) in [6, 6.07) is 4.95. The number of hydrogen-bond acceptors (Lipinski definition) is 3. The second kappa shape index (κ2) is 6.51. The Kier molecular flexibility index (Phi) is 5.23. The van der Waals surface area contributed by atoms with E-state index in [4.69, 9.17) is 0 Å². The summed E-state index contributed by atoms with van der Waals surface area (Å²) in [4.78, 5) is 24.0. The van der Waals surface area contributed by atoms with Crippen molar-refractivity contribution in [3.8, 4) is 5.75 Å². The van der Waals surface area contributed by atoms with Gasteiger partial charge in [0.1, 0.15) is 5.75 Å². The molecule has 1 N–H and O–H groups in total. The van der Waals surface area contributed by atoms with Crippen LogP contribution in [-0.2, 0) is 15.1 Å². The highest BCUT2D eigenvalue weighted by molar-refractivity contribution is 5.83. The summed E-state index contributed by atoms with van der Waals surface area (Å²) in [5.74, 6) is -1.43. The number of amides is 1. The molecule has 0 aliphatic carbocycles. The first-order chi connectivity index (χ1) is 9.73. The van der Waals surface area contributed by atoms with E-state index < -0.39 is 18.1 Å². The molecule has 5 nitrogen and oxygen atoms in total. The Morgan fingerprint density at radius 1 is 1.43 bits per heavy atom. The van der Waals surface area contributed by atoms with Gasteiger partial charge in [0.25, 0.3) is 0 Å². The van der Waals surface area contributed by atoms with Crippen molar-refractivity contribution in [1.82, 2.24) is 4.90 Å². The van der Waals surface area contributed by atoms with Crippen molar-refractivity contribution in [3.05, 3.63) is 29.8 Å². The van der Waals surface area contributed by atoms with Crippen LogP contribution < -0.4 is 4.74 Å². The third kappa shape index (κ3) is 3.48. The van der Waals surface area contributed by atoms with Crippen molar-refractivity contribution in [3.63, 3.8) is 0 Å². The lowest BCUT2D eigenvalue weighted by atomic mass is 9.89. The van der Waals surface area contributed by atoms with Crippen LogP contribution in [0.3, 0.4) is 0 Å². The van der Waals surface area contributed by atoms with Gasteiger partial charge in [-0.1, -0.05) is 12.1 Å². The number of hydrogen-bond donors (Lipinski definition) is 1. The third-order valence-electron chi connectivity index (χ3n) is 3.22. The molecule has 0 aliphatic heterocycles. The van der Waals surface area contributed by atoms with Crippen LogP contribution in [0.1, 0.15) is 26.3 Å². The molecule has 0 saturated carbocycles. The van der Waals surface area contributed by atoms with Gasteiger partial charge in [-0.05, 0) is 38.5 Å². The molecule has 7 heteroatoms. The van der Waals surface area contributed by atoms with Gasteiger partial charge < -0.3 is 14.7 Å². The Hall–Kier alpha value is -2.18. The van der Waals surface area contributed by atoms with Gasteiger partial charge in [0.15, 0.2) is 5.54 Å². The van der Waals surface area contributed by atoms with E-state index in [1.165, 1.54) is 31.2 Å². The van der Waals surface area contributed by atoms with Crippen molar-refractivity contribution in [2.24, 2.45) is 0 Å². The molecular weight excluding hydrogens is 284 g/mol. The van der Waals surface area contributed by atoms with Gasteiger partial charge >= 0.3 is 12.6 Å². The van der Waals surface area contributed by atoms with Gasteiger partial charge in [-0.25, -0.2) is 4.79 Å². The van der Waals surface area contributed by atoms with Gasteiger partial charge in [-0.3, -0.25) is 4.79 Å². The molecule has 1 aromatic carbocycles. The summed E-state index contributed by atoms with van der Waals surface area (Å²) in [5, 5.41) is 9.52. The predicted molar refractivity (Wildman–Crippen MR) is 71.1 cm³/mol. The molecule has 0 spiro atoms. The normalized spacial score (nSPS) is 13.9. The van der Waals surface area contributed by atoms with E-state index >= 15 is 0 Å². The van der Waals surface area contributed by atoms with E-state index in [1.807, 2.05) is 0 Å². The maximum Gasteiger partial charge on any atom is 0.387 e. The van der Waals surface area contributed by atoms with Crippen LogP contribution in [0, 0.1) is 0 Å². The van der Waals surface area contributed by atoms with Crippen LogP contribution in [0.2, 0.25) is 0 Å². The predicted octanol–water partition coefficient (Wildman–Crippen LogP) is 2.45. The largest absolute Gasteiger partial charge is 0.479 e. The number of benzene rings is 1. The highest BCUT2D eigenvalue weighted by atomic mass is 19.3. The Morgan fingerprint density at radius 3 is 2.48 bits per heavy atom. The molecule has 0 fully saturated rings. The monoisotopic (exact) mass is 301 g/mol. The van der Waals surface area contributed by atoms with Crippen LogP contribution in [0.4, 0.5) is 8.78 Å². The van der Waals surface area contributed by atoms with Crippen molar-refractivity contribution >= 4 is 12.4 Å². The Labute approximate surface area is 121 Å². The summed E-state index contributed by atoms with van der Waals surface area (Å²) in [5.41, 5.74) is -1.51. The third-order valence-corrected chi connectivity index (χ3v) is 3.22. The summed E-state index contributed by atoms with van der Waals surface area (Å²) in [6.07, 6.45) is 0.430. The van der Waals surface area contributed by atoms with Crippen molar-refractivity contribution in [1.29, 1.82) is 0 Å². The van der Waals surface area contributed by atoms with Crippen LogP contribution in [0.5, 0.6) is 5.75 Å². The number of halogens is 2. The molecule has 0 radical (unpaired) electrons.